The Hall–Kier alpha value is -2.17. The van der Waals surface area contributed by atoms with E-state index in [9.17, 15) is 4.79 Å². The van der Waals surface area contributed by atoms with Crippen LogP contribution in [0.4, 0.5) is 5.69 Å². The molecule has 1 amide bonds. The summed E-state index contributed by atoms with van der Waals surface area (Å²) in [7, 11) is 0. The zero-order chi connectivity index (χ0) is 16.9. The number of rotatable bonds is 6. The van der Waals surface area contributed by atoms with Crippen molar-refractivity contribution in [3.63, 3.8) is 0 Å². The van der Waals surface area contributed by atoms with E-state index in [1.807, 2.05) is 41.3 Å². The van der Waals surface area contributed by atoms with E-state index in [-0.39, 0.29) is 18.6 Å². The van der Waals surface area contributed by atoms with E-state index >= 15 is 0 Å². The number of aliphatic hydroxyl groups excluding tert-OH is 1. The highest BCUT2D eigenvalue weighted by molar-refractivity contribution is 5.95. The lowest BCUT2D eigenvalue weighted by Gasteiger charge is -2.19. The summed E-state index contributed by atoms with van der Waals surface area (Å²) in [4.78, 5) is 13.8. The molecule has 4 nitrogen and oxygen atoms in total. The first-order valence-corrected chi connectivity index (χ1v) is 8.50. The average Bonchev–Trinajstić information content (AvgIpc) is 3.06. The number of benzene rings is 2. The summed E-state index contributed by atoms with van der Waals surface area (Å²) in [5.41, 5.74) is 4.29. The number of hydrogen-bond acceptors (Lipinski definition) is 3. The van der Waals surface area contributed by atoms with Crippen molar-refractivity contribution < 1.29 is 9.90 Å². The molecule has 1 unspecified atom stereocenters. The highest BCUT2D eigenvalue weighted by Crippen LogP contribution is 2.24. The van der Waals surface area contributed by atoms with Gasteiger partial charge < -0.3 is 15.3 Å². The maximum absolute atomic E-state index is 11.9. The van der Waals surface area contributed by atoms with Gasteiger partial charge in [-0.15, -0.1) is 0 Å². The van der Waals surface area contributed by atoms with Crippen molar-refractivity contribution in [2.45, 2.75) is 39.0 Å². The van der Waals surface area contributed by atoms with Crippen LogP contribution in [0.25, 0.3) is 0 Å². The summed E-state index contributed by atoms with van der Waals surface area (Å²) in [5.74, 6) is 0.219. The largest absolute Gasteiger partial charge is 0.392 e. The van der Waals surface area contributed by atoms with E-state index in [4.69, 9.17) is 5.11 Å². The van der Waals surface area contributed by atoms with Gasteiger partial charge in [-0.3, -0.25) is 4.79 Å². The Morgan fingerprint density at radius 2 is 1.92 bits per heavy atom. The molecule has 2 N–H and O–H groups in total. The normalized spacial score (nSPS) is 15.8. The van der Waals surface area contributed by atoms with Gasteiger partial charge in [0, 0.05) is 31.2 Å². The van der Waals surface area contributed by atoms with Gasteiger partial charge in [0.05, 0.1) is 6.61 Å². The number of nitrogens with zero attached hydrogens (tertiary/aromatic N) is 1. The third-order valence-electron chi connectivity index (χ3n) is 4.57. The van der Waals surface area contributed by atoms with Crippen molar-refractivity contribution in [2.24, 2.45) is 0 Å². The maximum atomic E-state index is 11.9. The Balaban J connectivity index is 1.64. The lowest BCUT2D eigenvalue weighted by Crippen LogP contribution is -2.24. The van der Waals surface area contributed by atoms with E-state index in [1.54, 1.807) is 0 Å². The van der Waals surface area contributed by atoms with Crippen LogP contribution in [-0.4, -0.2) is 17.6 Å². The molecule has 0 bridgehead atoms. The molecule has 2 aromatic rings. The smallest absolute Gasteiger partial charge is 0.227 e. The third-order valence-corrected chi connectivity index (χ3v) is 4.57. The van der Waals surface area contributed by atoms with Crippen LogP contribution < -0.4 is 10.2 Å². The van der Waals surface area contributed by atoms with Crippen molar-refractivity contribution in [3.8, 4) is 0 Å². The van der Waals surface area contributed by atoms with Crippen molar-refractivity contribution in [2.75, 3.05) is 11.4 Å². The first-order valence-electron chi connectivity index (χ1n) is 8.50. The SMILES string of the molecule is CC(NCc1ccc(CO)cc1)c1cccc(N2CCCC2=O)c1. The minimum atomic E-state index is 0.0755. The van der Waals surface area contributed by atoms with Crippen LogP contribution in [0.3, 0.4) is 0 Å². The molecule has 24 heavy (non-hydrogen) atoms. The Morgan fingerprint density at radius 3 is 2.58 bits per heavy atom. The molecule has 1 saturated heterocycles. The van der Waals surface area contributed by atoms with Crippen LogP contribution in [0.5, 0.6) is 0 Å². The molecular formula is C20H24N2O2. The Kier molecular flexibility index (Phi) is 5.28. The third kappa shape index (κ3) is 3.83. The molecule has 0 aliphatic carbocycles. The molecular weight excluding hydrogens is 300 g/mol. The summed E-state index contributed by atoms with van der Waals surface area (Å²) in [6.07, 6.45) is 1.60. The van der Waals surface area contributed by atoms with Crippen molar-refractivity contribution in [3.05, 3.63) is 65.2 Å². The highest BCUT2D eigenvalue weighted by Gasteiger charge is 2.22. The van der Waals surface area contributed by atoms with Gasteiger partial charge in [-0.2, -0.15) is 0 Å². The van der Waals surface area contributed by atoms with Gasteiger partial charge in [-0.25, -0.2) is 0 Å². The van der Waals surface area contributed by atoms with Crippen LogP contribution in [0.1, 0.15) is 42.5 Å². The molecule has 0 saturated carbocycles. The van der Waals surface area contributed by atoms with Gasteiger partial charge in [-0.05, 0) is 42.2 Å². The van der Waals surface area contributed by atoms with Crippen LogP contribution in [0, 0.1) is 0 Å². The van der Waals surface area contributed by atoms with E-state index in [2.05, 4.69) is 24.4 Å². The average molecular weight is 324 g/mol. The predicted molar refractivity (Wildman–Crippen MR) is 95.6 cm³/mol. The molecule has 4 heteroatoms. The fraction of sp³-hybridized carbons (Fsp3) is 0.350. The van der Waals surface area contributed by atoms with Crippen LogP contribution in [0.15, 0.2) is 48.5 Å². The number of carbonyl (C=O) groups is 1. The second-order valence-electron chi connectivity index (χ2n) is 6.32. The van der Waals surface area contributed by atoms with Crippen LogP contribution >= 0.6 is 0 Å². The molecule has 1 aliphatic heterocycles. The monoisotopic (exact) mass is 324 g/mol. The zero-order valence-electron chi connectivity index (χ0n) is 14.0. The summed E-state index contributed by atoms with van der Waals surface area (Å²) >= 11 is 0. The number of nitrogens with one attached hydrogen (secondary N) is 1. The fourth-order valence-corrected chi connectivity index (χ4v) is 3.03. The molecule has 3 rings (SSSR count). The quantitative estimate of drug-likeness (QED) is 0.858. The first kappa shape index (κ1) is 16.7. The van der Waals surface area contributed by atoms with Crippen molar-refractivity contribution in [1.29, 1.82) is 0 Å². The maximum Gasteiger partial charge on any atom is 0.227 e. The molecule has 0 radical (unpaired) electrons. The summed E-state index contributed by atoms with van der Waals surface area (Å²) in [6, 6.07) is 16.4. The predicted octanol–water partition coefficient (Wildman–Crippen LogP) is 3.16. The Labute approximate surface area is 143 Å². The van der Waals surface area contributed by atoms with Gasteiger partial charge >= 0.3 is 0 Å². The molecule has 126 valence electrons. The molecule has 1 aliphatic rings. The summed E-state index contributed by atoms with van der Waals surface area (Å²) < 4.78 is 0. The molecule has 1 heterocycles. The van der Waals surface area contributed by atoms with Gasteiger partial charge in [0.1, 0.15) is 0 Å². The number of amides is 1. The minimum absolute atomic E-state index is 0.0755. The second-order valence-corrected chi connectivity index (χ2v) is 6.32. The van der Waals surface area contributed by atoms with Gasteiger partial charge in [-0.1, -0.05) is 36.4 Å². The first-order chi connectivity index (χ1) is 11.7. The second kappa shape index (κ2) is 7.60. The number of hydrogen-bond donors (Lipinski definition) is 2. The van der Waals surface area contributed by atoms with Crippen molar-refractivity contribution >= 4 is 11.6 Å². The Bertz CT molecular complexity index is 697. The lowest BCUT2D eigenvalue weighted by atomic mass is 10.1. The molecule has 0 aromatic heterocycles. The number of aliphatic hydroxyl groups is 1. The molecule has 0 spiro atoms. The van der Waals surface area contributed by atoms with E-state index < -0.39 is 0 Å². The van der Waals surface area contributed by atoms with Crippen LogP contribution in [-0.2, 0) is 17.9 Å². The molecule has 2 aromatic carbocycles. The molecule has 1 atom stereocenters. The fourth-order valence-electron chi connectivity index (χ4n) is 3.03. The van der Waals surface area contributed by atoms with Gasteiger partial charge in [0.25, 0.3) is 0 Å². The zero-order valence-corrected chi connectivity index (χ0v) is 14.0. The standard InChI is InChI=1S/C20H24N2O2/c1-15(21-13-16-7-9-17(14-23)10-8-16)18-4-2-5-19(12-18)22-11-3-6-20(22)24/h2,4-5,7-10,12,15,21,23H,3,6,11,13-14H2,1H3. The van der Waals surface area contributed by atoms with Gasteiger partial charge in [0.15, 0.2) is 0 Å². The number of carbonyl (C=O) groups excluding carboxylic acids is 1. The summed E-state index contributed by atoms with van der Waals surface area (Å²) in [6.45, 7) is 3.79. The molecule has 1 fully saturated rings. The van der Waals surface area contributed by atoms with E-state index in [0.29, 0.717) is 6.42 Å². The van der Waals surface area contributed by atoms with Crippen molar-refractivity contribution in [1.82, 2.24) is 5.32 Å². The number of anilines is 1. The lowest BCUT2D eigenvalue weighted by molar-refractivity contribution is -0.117. The topological polar surface area (TPSA) is 52.6 Å². The highest BCUT2D eigenvalue weighted by atomic mass is 16.3. The summed E-state index contributed by atoms with van der Waals surface area (Å²) in [5, 5.41) is 12.6. The minimum Gasteiger partial charge on any atom is -0.392 e. The van der Waals surface area contributed by atoms with Crippen LogP contribution in [0.2, 0.25) is 0 Å². The Morgan fingerprint density at radius 1 is 1.17 bits per heavy atom. The van der Waals surface area contributed by atoms with E-state index in [1.165, 1.54) is 11.1 Å². The van der Waals surface area contributed by atoms with E-state index in [0.717, 1.165) is 30.8 Å². The van der Waals surface area contributed by atoms with Gasteiger partial charge in [0.2, 0.25) is 5.91 Å².